The molecule has 2 aromatic carbocycles. The summed E-state index contributed by atoms with van der Waals surface area (Å²) in [7, 11) is 0. The third kappa shape index (κ3) is 4.80. The standard InChI is InChI=1S/C17H19ClN2O/c1-13-6-2-3-7-14(13)12-20-17(21)10-11-19-16-9-5-4-8-15(16)18/h2-9,19H,10-12H2,1H3,(H,20,21). The van der Waals surface area contributed by atoms with Crippen molar-refractivity contribution in [3.05, 3.63) is 64.7 Å². The summed E-state index contributed by atoms with van der Waals surface area (Å²) in [5.74, 6) is 0.0257. The molecule has 0 spiro atoms. The van der Waals surface area contributed by atoms with Crippen molar-refractivity contribution in [2.75, 3.05) is 11.9 Å². The highest BCUT2D eigenvalue weighted by Crippen LogP contribution is 2.20. The number of nitrogens with one attached hydrogen (secondary N) is 2. The van der Waals surface area contributed by atoms with Gasteiger partial charge in [0.1, 0.15) is 0 Å². The van der Waals surface area contributed by atoms with E-state index >= 15 is 0 Å². The molecule has 2 aromatic rings. The van der Waals surface area contributed by atoms with Gasteiger partial charge >= 0.3 is 0 Å². The number of anilines is 1. The number of hydrogen-bond acceptors (Lipinski definition) is 2. The van der Waals surface area contributed by atoms with Crippen LogP contribution < -0.4 is 10.6 Å². The molecule has 21 heavy (non-hydrogen) atoms. The van der Waals surface area contributed by atoms with Crippen LogP contribution in [-0.4, -0.2) is 12.5 Å². The van der Waals surface area contributed by atoms with Crippen molar-refractivity contribution in [2.24, 2.45) is 0 Å². The fourth-order valence-corrected chi connectivity index (χ4v) is 2.21. The van der Waals surface area contributed by atoms with Gasteiger partial charge in [-0.15, -0.1) is 0 Å². The monoisotopic (exact) mass is 302 g/mol. The Morgan fingerprint density at radius 2 is 1.81 bits per heavy atom. The van der Waals surface area contributed by atoms with Gasteiger partial charge in [-0.25, -0.2) is 0 Å². The van der Waals surface area contributed by atoms with Crippen molar-refractivity contribution in [3.8, 4) is 0 Å². The minimum atomic E-state index is 0.0257. The Balaban J connectivity index is 1.73. The second-order valence-electron chi connectivity index (χ2n) is 4.86. The number of benzene rings is 2. The molecule has 0 saturated carbocycles. The van der Waals surface area contributed by atoms with Crippen LogP contribution in [0.1, 0.15) is 17.5 Å². The van der Waals surface area contributed by atoms with E-state index in [1.165, 1.54) is 5.56 Å². The predicted octanol–water partition coefficient (Wildman–Crippen LogP) is 3.77. The van der Waals surface area contributed by atoms with Crippen molar-refractivity contribution in [3.63, 3.8) is 0 Å². The number of carbonyl (C=O) groups excluding carboxylic acids is 1. The molecule has 0 heterocycles. The predicted molar refractivity (Wildman–Crippen MR) is 87.6 cm³/mol. The van der Waals surface area contributed by atoms with Crippen LogP contribution in [-0.2, 0) is 11.3 Å². The Hall–Kier alpha value is -2.00. The largest absolute Gasteiger partial charge is 0.383 e. The first-order valence-corrected chi connectivity index (χ1v) is 7.34. The zero-order chi connectivity index (χ0) is 15.1. The van der Waals surface area contributed by atoms with Crippen molar-refractivity contribution < 1.29 is 4.79 Å². The summed E-state index contributed by atoms with van der Waals surface area (Å²) >= 11 is 6.04. The summed E-state index contributed by atoms with van der Waals surface area (Å²) in [4.78, 5) is 11.8. The SMILES string of the molecule is Cc1ccccc1CNC(=O)CCNc1ccccc1Cl. The summed E-state index contributed by atoms with van der Waals surface area (Å²) in [5.41, 5.74) is 3.18. The molecule has 0 aliphatic carbocycles. The van der Waals surface area contributed by atoms with Crippen LogP contribution in [0, 0.1) is 6.92 Å². The minimum Gasteiger partial charge on any atom is -0.383 e. The van der Waals surface area contributed by atoms with Gasteiger partial charge in [-0.05, 0) is 30.2 Å². The normalized spacial score (nSPS) is 10.2. The molecule has 0 atom stereocenters. The van der Waals surface area contributed by atoms with Gasteiger partial charge < -0.3 is 10.6 Å². The van der Waals surface area contributed by atoms with E-state index in [1.807, 2.05) is 55.5 Å². The minimum absolute atomic E-state index is 0.0257. The second kappa shape index (κ2) is 7.70. The van der Waals surface area contributed by atoms with Crippen LogP contribution in [0.15, 0.2) is 48.5 Å². The molecule has 2 rings (SSSR count). The lowest BCUT2D eigenvalue weighted by Gasteiger charge is -2.10. The van der Waals surface area contributed by atoms with Crippen molar-refractivity contribution in [2.45, 2.75) is 19.9 Å². The highest BCUT2D eigenvalue weighted by Gasteiger charge is 2.03. The van der Waals surface area contributed by atoms with Gasteiger partial charge in [0.15, 0.2) is 0 Å². The molecule has 110 valence electrons. The number of hydrogen-bond donors (Lipinski definition) is 2. The average molecular weight is 303 g/mol. The molecule has 0 aliphatic rings. The molecule has 3 nitrogen and oxygen atoms in total. The van der Waals surface area contributed by atoms with Crippen LogP contribution in [0.2, 0.25) is 5.02 Å². The Kier molecular flexibility index (Phi) is 5.64. The van der Waals surface area contributed by atoms with Crippen LogP contribution in [0.3, 0.4) is 0 Å². The zero-order valence-corrected chi connectivity index (χ0v) is 12.8. The molecular weight excluding hydrogens is 284 g/mol. The quantitative estimate of drug-likeness (QED) is 0.853. The van der Waals surface area contributed by atoms with Crippen LogP contribution in [0.25, 0.3) is 0 Å². The van der Waals surface area contributed by atoms with Gasteiger partial charge in [0.2, 0.25) is 5.91 Å². The number of amides is 1. The number of halogens is 1. The highest BCUT2D eigenvalue weighted by atomic mass is 35.5. The molecule has 1 amide bonds. The first-order valence-electron chi connectivity index (χ1n) is 6.96. The topological polar surface area (TPSA) is 41.1 Å². The summed E-state index contributed by atoms with van der Waals surface area (Å²) in [6, 6.07) is 15.5. The molecular formula is C17H19ClN2O. The third-order valence-corrected chi connectivity index (χ3v) is 3.61. The maximum atomic E-state index is 11.8. The summed E-state index contributed by atoms with van der Waals surface area (Å²) in [6.45, 7) is 3.17. The van der Waals surface area contributed by atoms with Crippen molar-refractivity contribution >= 4 is 23.2 Å². The average Bonchev–Trinajstić information content (AvgIpc) is 2.48. The third-order valence-electron chi connectivity index (χ3n) is 3.28. The summed E-state index contributed by atoms with van der Waals surface area (Å²) < 4.78 is 0. The van der Waals surface area contributed by atoms with E-state index in [1.54, 1.807) is 0 Å². The summed E-state index contributed by atoms with van der Waals surface area (Å²) in [5, 5.41) is 6.75. The Labute approximate surface area is 130 Å². The highest BCUT2D eigenvalue weighted by molar-refractivity contribution is 6.33. The molecule has 2 N–H and O–H groups in total. The molecule has 4 heteroatoms. The lowest BCUT2D eigenvalue weighted by molar-refractivity contribution is -0.121. The number of aryl methyl sites for hydroxylation is 1. The summed E-state index contributed by atoms with van der Waals surface area (Å²) in [6.07, 6.45) is 0.414. The van der Waals surface area contributed by atoms with Gasteiger partial charge in [-0.1, -0.05) is 48.0 Å². The maximum absolute atomic E-state index is 11.8. The van der Waals surface area contributed by atoms with Gasteiger partial charge in [0.05, 0.1) is 10.7 Å². The molecule has 0 aliphatic heterocycles. The van der Waals surface area contributed by atoms with E-state index in [0.29, 0.717) is 24.5 Å². The molecule has 0 radical (unpaired) electrons. The van der Waals surface area contributed by atoms with Gasteiger partial charge in [-0.3, -0.25) is 4.79 Å². The van der Waals surface area contributed by atoms with Crippen LogP contribution >= 0.6 is 11.6 Å². The maximum Gasteiger partial charge on any atom is 0.222 e. The van der Waals surface area contributed by atoms with Crippen molar-refractivity contribution in [1.82, 2.24) is 5.32 Å². The number of para-hydroxylation sites is 1. The van der Waals surface area contributed by atoms with E-state index in [4.69, 9.17) is 11.6 Å². The fraction of sp³-hybridized carbons (Fsp3) is 0.235. The molecule has 0 aromatic heterocycles. The first-order chi connectivity index (χ1) is 10.2. The molecule has 0 fully saturated rings. The number of rotatable bonds is 6. The number of carbonyl (C=O) groups is 1. The fourth-order valence-electron chi connectivity index (χ4n) is 2.01. The zero-order valence-electron chi connectivity index (χ0n) is 12.0. The Morgan fingerprint density at radius 1 is 1.10 bits per heavy atom. The van der Waals surface area contributed by atoms with E-state index < -0.39 is 0 Å². The van der Waals surface area contributed by atoms with Crippen LogP contribution in [0.5, 0.6) is 0 Å². The molecule has 0 bridgehead atoms. The van der Waals surface area contributed by atoms with Crippen molar-refractivity contribution in [1.29, 1.82) is 0 Å². The van der Waals surface area contributed by atoms with Crippen LogP contribution in [0.4, 0.5) is 5.69 Å². The second-order valence-corrected chi connectivity index (χ2v) is 5.27. The van der Waals surface area contributed by atoms with Gasteiger partial charge in [-0.2, -0.15) is 0 Å². The lowest BCUT2D eigenvalue weighted by Crippen LogP contribution is -2.25. The smallest absolute Gasteiger partial charge is 0.222 e. The first kappa shape index (κ1) is 15.4. The van der Waals surface area contributed by atoms with E-state index in [0.717, 1.165) is 11.3 Å². The van der Waals surface area contributed by atoms with E-state index in [9.17, 15) is 4.79 Å². The van der Waals surface area contributed by atoms with E-state index in [2.05, 4.69) is 10.6 Å². The van der Waals surface area contributed by atoms with Gasteiger partial charge in [0, 0.05) is 19.5 Å². The lowest BCUT2D eigenvalue weighted by atomic mass is 10.1. The Morgan fingerprint density at radius 3 is 2.57 bits per heavy atom. The van der Waals surface area contributed by atoms with E-state index in [-0.39, 0.29) is 5.91 Å². The molecule has 0 unspecified atom stereocenters. The van der Waals surface area contributed by atoms with Gasteiger partial charge in [0.25, 0.3) is 0 Å². The Bertz CT molecular complexity index is 613. The molecule has 0 saturated heterocycles.